The summed E-state index contributed by atoms with van der Waals surface area (Å²) in [5.74, 6) is 0.178. The van der Waals surface area contributed by atoms with Gasteiger partial charge >= 0.3 is 0 Å². The Morgan fingerprint density at radius 1 is 1.11 bits per heavy atom. The highest BCUT2D eigenvalue weighted by Crippen LogP contribution is 2.47. The van der Waals surface area contributed by atoms with E-state index < -0.39 is 5.41 Å². The minimum atomic E-state index is -0.438. The van der Waals surface area contributed by atoms with Gasteiger partial charge in [0.25, 0.3) is 5.91 Å². The maximum atomic E-state index is 12.8. The number of nitriles is 1. The van der Waals surface area contributed by atoms with E-state index in [1.807, 2.05) is 18.2 Å². The summed E-state index contributed by atoms with van der Waals surface area (Å²) in [5, 5.41) is 12.1. The lowest BCUT2D eigenvalue weighted by molar-refractivity contribution is -0.130. The molecule has 5 nitrogen and oxygen atoms in total. The average Bonchev–Trinajstić information content (AvgIpc) is 3.04. The molecule has 1 N–H and O–H groups in total. The highest BCUT2D eigenvalue weighted by atomic mass is 16.2. The van der Waals surface area contributed by atoms with Gasteiger partial charge in [-0.1, -0.05) is 36.4 Å². The molecule has 5 heteroatoms. The number of nitrogens with zero attached hydrogens (tertiary/aromatic N) is 2. The van der Waals surface area contributed by atoms with Gasteiger partial charge in [-0.15, -0.1) is 0 Å². The van der Waals surface area contributed by atoms with E-state index in [0.29, 0.717) is 43.6 Å². The van der Waals surface area contributed by atoms with E-state index in [-0.39, 0.29) is 17.7 Å². The summed E-state index contributed by atoms with van der Waals surface area (Å²) in [5.41, 5.74) is 1.75. The zero-order valence-corrected chi connectivity index (χ0v) is 15.0. The Morgan fingerprint density at radius 2 is 1.85 bits per heavy atom. The number of carbonyl (C=O) groups is 2. The molecule has 0 saturated carbocycles. The van der Waals surface area contributed by atoms with E-state index in [2.05, 4.69) is 23.5 Å². The molecule has 2 aromatic rings. The second-order valence-corrected chi connectivity index (χ2v) is 7.31. The monoisotopic (exact) mass is 359 g/mol. The van der Waals surface area contributed by atoms with E-state index in [9.17, 15) is 9.59 Å². The third-order valence-electron chi connectivity index (χ3n) is 5.97. The first-order valence-corrected chi connectivity index (χ1v) is 9.27. The largest absolute Gasteiger partial charge is 0.355 e. The SMILES string of the molecule is N#Cc1cccc(C(=O)N2CCC3(CC2)C(=O)NCC3c2ccccc2)c1. The molecule has 2 aliphatic rings. The predicted octanol–water partition coefficient (Wildman–Crippen LogP) is 2.69. The molecule has 1 atom stereocenters. The number of likely N-dealkylation sites (tertiary alicyclic amines) is 1. The molecule has 2 aliphatic heterocycles. The van der Waals surface area contributed by atoms with Crippen molar-refractivity contribution >= 4 is 11.8 Å². The second-order valence-electron chi connectivity index (χ2n) is 7.31. The average molecular weight is 359 g/mol. The first-order valence-electron chi connectivity index (χ1n) is 9.27. The van der Waals surface area contributed by atoms with Gasteiger partial charge < -0.3 is 10.2 Å². The van der Waals surface area contributed by atoms with Crippen LogP contribution in [-0.4, -0.2) is 36.3 Å². The Kier molecular flexibility index (Phi) is 4.41. The van der Waals surface area contributed by atoms with Crippen molar-refractivity contribution in [2.45, 2.75) is 18.8 Å². The van der Waals surface area contributed by atoms with Crippen molar-refractivity contribution in [3.8, 4) is 6.07 Å². The Labute approximate surface area is 158 Å². The maximum absolute atomic E-state index is 12.8. The minimum Gasteiger partial charge on any atom is -0.355 e. The van der Waals surface area contributed by atoms with Crippen LogP contribution >= 0.6 is 0 Å². The van der Waals surface area contributed by atoms with Gasteiger partial charge in [0, 0.05) is 31.1 Å². The lowest BCUT2D eigenvalue weighted by atomic mass is 9.68. The van der Waals surface area contributed by atoms with Gasteiger partial charge in [-0.25, -0.2) is 0 Å². The van der Waals surface area contributed by atoms with Crippen molar-refractivity contribution < 1.29 is 9.59 Å². The minimum absolute atomic E-state index is 0.0726. The molecule has 0 aliphatic carbocycles. The van der Waals surface area contributed by atoms with Gasteiger partial charge in [0.1, 0.15) is 0 Å². The number of carbonyl (C=O) groups excluding carboxylic acids is 2. The normalized spacial score (nSPS) is 20.9. The fourth-order valence-corrected chi connectivity index (χ4v) is 4.44. The van der Waals surface area contributed by atoms with Crippen LogP contribution in [0.15, 0.2) is 54.6 Å². The number of nitrogens with one attached hydrogen (secondary N) is 1. The van der Waals surface area contributed by atoms with Crippen LogP contribution in [0.5, 0.6) is 0 Å². The fourth-order valence-electron chi connectivity index (χ4n) is 4.44. The Hall–Kier alpha value is -3.13. The summed E-state index contributed by atoms with van der Waals surface area (Å²) in [6.45, 7) is 1.75. The zero-order valence-electron chi connectivity index (χ0n) is 15.0. The first-order chi connectivity index (χ1) is 13.1. The summed E-state index contributed by atoms with van der Waals surface area (Å²) in [6.07, 6.45) is 1.31. The van der Waals surface area contributed by atoms with Gasteiger partial charge in [0.05, 0.1) is 17.0 Å². The highest BCUT2D eigenvalue weighted by Gasteiger charge is 2.52. The molecule has 0 aromatic heterocycles. The van der Waals surface area contributed by atoms with E-state index in [1.165, 1.54) is 5.56 Å². The standard InChI is InChI=1S/C22H21N3O2/c23-14-16-5-4-8-18(13-16)20(26)25-11-9-22(10-12-25)19(15-24-21(22)27)17-6-2-1-3-7-17/h1-8,13,19H,9-12,15H2,(H,24,27). The molecule has 4 rings (SSSR count). The van der Waals surface area contributed by atoms with Crippen molar-refractivity contribution in [1.29, 1.82) is 5.26 Å². The smallest absolute Gasteiger partial charge is 0.253 e. The van der Waals surface area contributed by atoms with Crippen molar-refractivity contribution in [3.63, 3.8) is 0 Å². The van der Waals surface area contributed by atoms with Crippen LogP contribution in [0.2, 0.25) is 0 Å². The molecule has 27 heavy (non-hydrogen) atoms. The topological polar surface area (TPSA) is 73.2 Å². The third kappa shape index (κ3) is 2.97. The Balaban J connectivity index is 1.53. The van der Waals surface area contributed by atoms with Crippen LogP contribution in [0.3, 0.4) is 0 Å². The third-order valence-corrected chi connectivity index (χ3v) is 5.97. The number of piperidine rings is 1. The van der Waals surface area contributed by atoms with Gasteiger partial charge in [0.15, 0.2) is 0 Å². The van der Waals surface area contributed by atoms with Gasteiger partial charge in [-0.05, 0) is 36.6 Å². The molecule has 136 valence electrons. The molecule has 2 heterocycles. The number of hydrogen-bond donors (Lipinski definition) is 1. The van der Waals surface area contributed by atoms with E-state index in [1.54, 1.807) is 29.2 Å². The van der Waals surface area contributed by atoms with Crippen LogP contribution in [0.4, 0.5) is 0 Å². The Morgan fingerprint density at radius 3 is 2.56 bits per heavy atom. The summed E-state index contributed by atoms with van der Waals surface area (Å²) < 4.78 is 0. The molecule has 2 saturated heterocycles. The van der Waals surface area contributed by atoms with Gasteiger partial charge in [0.2, 0.25) is 5.91 Å². The second kappa shape index (κ2) is 6.88. The highest BCUT2D eigenvalue weighted by molar-refractivity contribution is 5.95. The molecule has 1 unspecified atom stereocenters. The van der Waals surface area contributed by atoms with Crippen molar-refractivity contribution in [3.05, 3.63) is 71.3 Å². The van der Waals surface area contributed by atoms with Crippen LogP contribution in [0.1, 0.15) is 40.2 Å². The molecule has 2 fully saturated rings. The van der Waals surface area contributed by atoms with E-state index in [4.69, 9.17) is 5.26 Å². The molecule has 0 bridgehead atoms. The van der Waals surface area contributed by atoms with E-state index in [0.717, 1.165) is 0 Å². The van der Waals surface area contributed by atoms with Crippen LogP contribution in [-0.2, 0) is 4.79 Å². The quantitative estimate of drug-likeness (QED) is 0.896. The van der Waals surface area contributed by atoms with Gasteiger partial charge in [-0.3, -0.25) is 9.59 Å². The van der Waals surface area contributed by atoms with Crippen LogP contribution in [0.25, 0.3) is 0 Å². The van der Waals surface area contributed by atoms with Crippen LogP contribution in [0, 0.1) is 16.7 Å². The Bertz CT molecular complexity index is 909. The van der Waals surface area contributed by atoms with Crippen molar-refractivity contribution in [2.75, 3.05) is 19.6 Å². The number of hydrogen-bond acceptors (Lipinski definition) is 3. The molecular formula is C22H21N3O2. The predicted molar refractivity (Wildman–Crippen MR) is 101 cm³/mol. The summed E-state index contributed by atoms with van der Waals surface area (Å²) in [4.78, 5) is 27.3. The van der Waals surface area contributed by atoms with Crippen LogP contribution < -0.4 is 5.32 Å². The number of benzene rings is 2. The van der Waals surface area contributed by atoms with Crippen molar-refractivity contribution in [1.82, 2.24) is 10.2 Å². The van der Waals surface area contributed by atoms with E-state index >= 15 is 0 Å². The molecule has 0 radical (unpaired) electrons. The lowest BCUT2D eigenvalue weighted by Crippen LogP contribution is -2.47. The number of amides is 2. The first kappa shape index (κ1) is 17.3. The van der Waals surface area contributed by atoms with Gasteiger partial charge in [-0.2, -0.15) is 5.26 Å². The van der Waals surface area contributed by atoms with Crippen molar-refractivity contribution in [2.24, 2.45) is 5.41 Å². The molecule has 2 aromatic carbocycles. The molecule has 1 spiro atoms. The summed E-state index contributed by atoms with van der Waals surface area (Å²) >= 11 is 0. The number of rotatable bonds is 2. The zero-order chi connectivity index (χ0) is 18.9. The lowest BCUT2D eigenvalue weighted by Gasteiger charge is -2.41. The summed E-state index contributed by atoms with van der Waals surface area (Å²) in [6, 6.07) is 19.0. The molecule has 2 amide bonds. The maximum Gasteiger partial charge on any atom is 0.253 e. The fraction of sp³-hybridized carbons (Fsp3) is 0.318. The molecular weight excluding hydrogens is 338 g/mol. The summed E-state index contributed by atoms with van der Waals surface area (Å²) in [7, 11) is 0.